The summed E-state index contributed by atoms with van der Waals surface area (Å²) < 4.78 is 19.7. The van der Waals surface area contributed by atoms with Gasteiger partial charge >= 0.3 is 0 Å². The van der Waals surface area contributed by atoms with Crippen molar-refractivity contribution in [1.82, 2.24) is 9.80 Å². The van der Waals surface area contributed by atoms with Crippen LogP contribution in [-0.4, -0.2) is 89.4 Å². The van der Waals surface area contributed by atoms with Gasteiger partial charge in [-0.2, -0.15) is 0 Å². The summed E-state index contributed by atoms with van der Waals surface area (Å²) in [6.07, 6.45) is -0.909. The number of amides is 2. The molecule has 4 atom stereocenters. The van der Waals surface area contributed by atoms with Crippen LogP contribution in [0.15, 0.2) is 18.2 Å². The Hall–Kier alpha value is -2.23. The highest BCUT2D eigenvalue weighted by molar-refractivity contribution is 6.05. The van der Waals surface area contributed by atoms with Crippen LogP contribution in [0.2, 0.25) is 0 Å². The molecule has 1 saturated carbocycles. The van der Waals surface area contributed by atoms with Crippen LogP contribution in [0.1, 0.15) is 33.1 Å². The zero-order valence-corrected chi connectivity index (χ0v) is 19.3. The minimum absolute atomic E-state index is 0.00173. The van der Waals surface area contributed by atoms with Gasteiger partial charge in [0.2, 0.25) is 11.8 Å². The molecule has 2 amide bonds. The molecule has 1 aromatic rings. The topological polar surface area (TPSA) is 93.6 Å². The number of fused-ring (bicyclic) bond motifs is 1. The summed E-state index contributed by atoms with van der Waals surface area (Å²) in [5.74, 6) is -1.05. The van der Waals surface area contributed by atoms with Gasteiger partial charge in [0, 0.05) is 38.8 Å². The molecule has 0 spiro atoms. The first-order valence-corrected chi connectivity index (χ1v) is 11.9. The lowest BCUT2D eigenvalue weighted by molar-refractivity contribution is -0.140. The minimum Gasteiger partial charge on any atom is -0.489 e. The van der Waals surface area contributed by atoms with E-state index in [-0.39, 0.29) is 36.6 Å². The monoisotopic (exact) mass is 463 g/mol. The molecule has 1 aliphatic carbocycles. The molecule has 0 radical (unpaired) electrons. The Morgan fingerprint density at radius 3 is 2.18 bits per heavy atom. The van der Waals surface area contributed by atoms with E-state index < -0.39 is 24.0 Å². The van der Waals surface area contributed by atoms with Crippen molar-refractivity contribution in [3.63, 3.8) is 0 Å². The molecule has 3 fully saturated rings. The van der Waals surface area contributed by atoms with Crippen LogP contribution in [0.3, 0.4) is 0 Å². The fourth-order valence-corrected chi connectivity index (χ4v) is 5.19. The van der Waals surface area contributed by atoms with Crippen molar-refractivity contribution in [2.75, 3.05) is 44.2 Å². The van der Waals surface area contributed by atoms with E-state index in [4.69, 9.17) is 4.74 Å². The van der Waals surface area contributed by atoms with Gasteiger partial charge in [0.15, 0.2) is 0 Å². The van der Waals surface area contributed by atoms with E-state index in [1.165, 1.54) is 17.0 Å². The predicted molar refractivity (Wildman–Crippen MR) is 120 cm³/mol. The minimum atomic E-state index is -0.941. The van der Waals surface area contributed by atoms with Gasteiger partial charge in [0.1, 0.15) is 11.6 Å². The second-order valence-electron chi connectivity index (χ2n) is 9.61. The molecule has 1 aromatic carbocycles. The zero-order chi connectivity index (χ0) is 23.7. The second-order valence-corrected chi connectivity index (χ2v) is 9.61. The van der Waals surface area contributed by atoms with Crippen molar-refractivity contribution in [2.24, 2.45) is 11.8 Å². The molecule has 3 aliphatic rings. The maximum absolute atomic E-state index is 13.9. The number of nitrogens with zero attached hydrogens (tertiary/aromatic N) is 3. The number of hydrogen-bond donors (Lipinski definition) is 2. The Balaban J connectivity index is 1.27. The van der Waals surface area contributed by atoms with Gasteiger partial charge in [0.05, 0.1) is 35.8 Å². The lowest BCUT2D eigenvalue weighted by Crippen LogP contribution is -2.47. The third-order valence-corrected chi connectivity index (χ3v) is 6.94. The summed E-state index contributed by atoms with van der Waals surface area (Å²) in [5.41, 5.74) is 0.767. The Morgan fingerprint density at radius 2 is 1.61 bits per heavy atom. The SMILES string of the molecule is CC(C)Oc1ccc(F)cc1N1CCN(CCCN2C(=O)C3CC(O)C(O)CC3C2=O)CC1. The van der Waals surface area contributed by atoms with Gasteiger partial charge in [-0.15, -0.1) is 0 Å². The quantitative estimate of drug-likeness (QED) is 0.588. The Labute approximate surface area is 193 Å². The molecule has 2 N–H and O–H groups in total. The summed E-state index contributed by atoms with van der Waals surface area (Å²) >= 11 is 0. The van der Waals surface area contributed by atoms with Crippen LogP contribution < -0.4 is 9.64 Å². The average Bonchev–Trinajstić information content (AvgIpc) is 3.00. The molecule has 0 aromatic heterocycles. The number of hydrogen-bond acceptors (Lipinski definition) is 7. The van der Waals surface area contributed by atoms with E-state index in [2.05, 4.69) is 9.80 Å². The van der Waals surface area contributed by atoms with Crippen LogP contribution >= 0.6 is 0 Å². The molecule has 2 heterocycles. The molecule has 182 valence electrons. The Morgan fingerprint density at radius 1 is 1.00 bits per heavy atom. The van der Waals surface area contributed by atoms with E-state index >= 15 is 0 Å². The molecule has 4 unspecified atom stereocenters. The highest BCUT2D eigenvalue weighted by Gasteiger charge is 2.51. The van der Waals surface area contributed by atoms with E-state index in [0.717, 1.165) is 38.4 Å². The molecular weight excluding hydrogens is 429 g/mol. The third kappa shape index (κ3) is 5.15. The number of anilines is 1. The summed E-state index contributed by atoms with van der Waals surface area (Å²) in [7, 11) is 0. The Kier molecular flexibility index (Phi) is 7.21. The van der Waals surface area contributed by atoms with Gasteiger partial charge in [-0.3, -0.25) is 19.4 Å². The van der Waals surface area contributed by atoms with Gasteiger partial charge in [-0.25, -0.2) is 4.39 Å². The normalized spacial score (nSPS) is 28.5. The number of carbonyl (C=O) groups excluding carboxylic acids is 2. The van der Waals surface area contributed by atoms with E-state index in [9.17, 15) is 24.2 Å². The predicted octanol–water partition coefficient (Wildman–Crippen LogP) is 1.24. The summed E-state index contributed by atoms with van der Waals surface area (Å²) in [6.45, 7) is 8.06. The van der Waals surface area contributed by atoms with E-state index in [1.54, 1.807) is 6.07 Å². The number of aliphatic hydroxyl groups excluding tert-OH is 2. The lowest BCUT2D eigenvalue weighted by atomic mass is 9.78. The van der Waals surface area contributed by atoms with E-state index in [1.807, 2.05) is 13.8 Å². The number of ether oxygens (including phenoxy) is 1. The van der Waals surface area contributed by atoms with Crippen molar-refractivity contribution in [1.29, 1.82) is 0 Å². The van der Waals surface area contributed by atoms with Crippen molar-refractivity contribution in [2.45, 2.75) is 51.4 Å². The standard InChI is InChI=1S/C24H34FN3O5/c1-15(2)33-22-5-4-16(25)12-19(22)27-10-8-26(9-11-27)6-3-7-28-23(31)17-13-20(29)21(30)14-18(17)24(28)32/h4-5,12,15,17-18,20-21,29-30H,3,6-11,13-14H2,1-2H3. The lowest BCUT2D eigenvalue weighted by Gasteiger charge is -2.37. The van der Waals surface area contributed by atoms with Gasteiger partial charge in [-0.1, -0.05) is 0 Å². The maximum Gasteiger partial charge on any atom is 0.233 e. The van der Waals surface area contributed by atoms with Crippen molar-refractivity contribution in [3.05, 3.63) is 24.0 Å². The van der Waals surface area contributed by atoms with Crippen LogP contribution in [0.5, 0.6) is 5.75 Å². The zero-order valence-electron chi connectivity index (χ0n) is 19.3. The van der Waals surface area contributed by atoms with Crippen LogP contribution in [-0.2, 0) is 9.59 Å². The molecule has 2 aliphatic heterocycles. The van der Waals surface area contributed by atoms with Crippen molar-refractivity contribution in [3.8, 4) is 5.75 Å². The highest BCUT2D eigenvalue weighted by Crippen LogP contribution is 2.38. The third-order valence-electron chi connectivity index (χ3n) is 6.94. The molecule has 2 saturated heterocycles. The molecule has 8 nitrogen and oxygen atoms in total. The molecule has 33 heavy (non-hydrogen) atoms. The number of likely N-dealkylation sites (tertiary alicyclic amines) is 1. The molecule has 4 rings (SSSR count). The van der Waals surface area contributed by atoms with Crippen LogP contribution in [0.25, 0.3) is 0 Å². The highest BCUT2D eigenvalue weighted by atomic mass is 19.1. The smallest absolute Gasteiger partial charge is 0.233 e. The van der Waals surface area contributed by atoms with Crippen molar-refractivity contribution >= 4 is 17.5 Å². The van der Waals surface area contributed by atoms with Gasteiger partial charge in [0.25, 0.3) is 0 Å². The summed E-state index contributed by atoms with van der Waals surface area (Å²) in [4.78, 5) is 31.1. The number of rotatable bonds is 7. The number of piperazine rings is 1. The fraction of sp³-hybridized carbons (Fsp3) is 0.667. The summed E-state index contributed by atoms with van der Waals surface area (Å²) in [5, 5.41) is 19.7. The first kappa shape index (κ1) is 23.9. The average molecular weight is 464 g/mol. The largest absolute Gasteiger partial charge is 0.489 e. The fourth-order valence-electron chi connectivity index (χ4n) is 5.19. The number of benzene rings is 1. The van der Waals surface area contributed by atoms with Crippen LogP contribution in [0.4, 0.5) is 10.1 Å². The summed E-state index contributed by atoms with van der Waals surface area (Å²) in [6, 6.07) is 4.61. The number of halogens is 1. The van der Waals surface area contributed by atoms with E-state index in [0.29, 0.717) is 18.7 Å². The number of imide groups is 1. The van der Waals surface area contributed by atoms with Crippen LogP contribution in [0, 0.1) is 17.7 Å². The second kappa shape index (κ2) is 9.95. The molecule has 9 heteroatoms. The number of aliphatic hydroxyl groups is 2. The molecule has 0 bridgehead atoms. The first-order chi connectivity index (χ1) is 15.7. The Bertz CT molecular complexity index is 846. The van der Waals surface area contributed by atoms with Crippen molar-refractivity contribution < 1.29 is 28.9 Å². The number of carbonyl (C=O) groups is 2. The van der Waals surface area contributed by atoms with Gasteiger partial charge in [-0.05, 0) is 51.8 Å². The van der Waals surface area contributed by atoms with Gasteiger partial charge < -0.3 is 19.8 Å². The maximum atomic E-state index is 13.9. The molecular formula is C24H34FN3O5. The first-order valence-electron chi connectivity index (χ1n) is 11.9.